The van der Waals surface area contributed by atoms with Crippen molar-refractivity contribution in [2.45, 2.75) is 6.54 Å². The second-order valence-corrected chi connectivity index (χ2v) is 3.40. The highest BCUT2D eigenvalue weighted by Gasteiger charge is 2.09. The SMILES string of the molecule is O=C(O)c1cnccc1NCc1ccccn1. The summed E-state index contributed by atoms with van der Waals surface area (Å²) in [4.78, 5) is 18.9. The molecule has 2 rings (SSSR count). The number of nitrogens with zero attached hydrogens (tertiary/aromatic N) is 2. The standard InChI is InChI=1S/C12H11N3O2/c16-12(17)10-8-13-6-4-11(10)15-7-9-3-1-2-5-14-9/h1-6,8H,7H2,(H,13,15)(H,16,17). The molecule has 2 heterocycles. The largest absolute Gasteiger partial charge is 0.478 e. The normalized spacial score (nSPS) is 9.88. The molecule has 17 heavy (non-hydrogen) atoms. The summed E-state index contributed by atoms with van der Waals surface area (Å²) in [6, 6.07) is 7.22. The molecule has 0 fully saturated rings. The highest BCUT2D eigenvalue weighted by atomic mass is 16.4. The van der Waals surface area contributed by atoms with E-state index in [0.29, 0.717) is 12.2 Å². The van der Waals surface area contributed by atoms with Crippen LogP contribution in [-0.4, -0.2) is 21.0 Å². The third kappa shape index (κ3) is 2.78. The van der Waals surface area contributed by atoms with E-state index in [1.54, 1.807) is 18.5 Å². The fraction of sp³-hybridized carbons (Fsp3) is 0.0833. The van der Waals surface area contributed by atoms with Crippen molar-refractivity contribution < 1.29 is 9.90 Å². The molecule has 0 atom stereocenters. The molecule has 0 unspecified atom stereocenters. The van der Waals surface area contributed by atoms with Crippen LogP contribution in [0, 0.1) is 0 Å². The quantitative estimate of drug-likeness (QED) is 0.835. The van der Waals surface area contributed by atoms with Gasteiger partial charge in [-0.15, -0.1) is 0 Å². The minimum absolute atomic E-state index is 0.156. The highest BCUT2D eigenvalue weighted by Crippen LogP contribution is 2.14. The van der Waals surface area contributed by atoms with Crippen LogP contribution in [0.1, 0.15) is 16.1 Å². The van der Waals surface area contributed by atoms with Gasteiger partial charge in [0.25, 0.3) is 0 Å². The molecule has 0 spiro atoms. The Morgan fingerprint density at radius 2 is 2.18 bits per heavy atom. The van der Waals surface area contributed by atoms with E-state index in [1.165, 1.54) is 6.20 Å². The number of carboxylic acids is 1. The van der Waals surface area contributed by atoms with Gasteiger partial charge in [-0.1, -0.05) is 6.07 Å². The van der Waals surface area contributed by atoms with E-state index in [-0.39, 0.29) is 5.56 Å². The lowest BCUT2D eigenvalue weighted by molar-refractivity contribution is 0.0697. The van der Waals surface area contributed by atoms with Crippen LogP contribution in [0.2, 0.25) is 0 Å². The molecule has 0 amide bonds. The van der Waals surface area contributed by atoms with Crippen molar-refractivity contribution in [2.24, 2.45) is 0 Å². The van der Waals surface area contributed by atoms with Gasteiger partial charge in [-0.05, 0) is 18.2 Å². The van der Waals surface area contributed by atoms with Gasteiger partial charge in [-0.25, -0.2) is 4.79 Å². The van der Waals surface area contributed by atoms with E-state index in [4.69, 9.17) is 5.11 Å². The van der Waals surface area contributed by atoms with Gasteiger partial charge in [0.05, 0.1) is 17.9 Å². The molecule has 5 nitrogen and oxygen atoms in total. The summed E-state index contributed by atoms with van der Waals surface area (Å²) in [5.41, 5.74) is 1.54. The number of nitrogens with one attached hydrogen (secondary N) is 1. The molecule has 0 aromatic carbocycles. The number of hydrogen-bond acceptors (Lipinski definition) is 4. The lowest BCUT2D eigenvalue weighted by atomic mass is 10.2. The number of hydrogen-bond donors (Lipinski definition) is 2. The first-order valence-corrected chi connectivity index (χ1v) is 5.08. The Bertz CT molecular complexity index is 514. The average Bonchev–Trinajstić information content (AvgIpc) is 2.38. The lowest BCUT2D eigenvalue weighted by Gasteiger charge is -2.08. The van der Waals surface area contributed by atoms with Gasteiger partial charge in [0.15, 0.2) is 0 Å². The first-order valence-electron chi connectivity index (χ1n) is 5.08. The summed E-state index contributed by atoms with van der Waals surface area (Å²) in [6.07, 6.45) is 4.57. The van der Waals surface area contributed by atoms with Crippen LogP contribution in [0.4, 0.5) is 5.69 Å². The number of aromatic carboxylic acids is 1. The second-order valence-electron chi connectivity index (χ2n) is 3.40. The van der Waals surface area contributed by atoms with Crippen LogP contribution in [0.25, 0.3) is 0 Å². The molecule has 2 N–H and O–H groups in total. The molecule has 2 aromatic heterocycles. The molecule has 0 saturated carbocycles. The first kappa shape index (κ1) is 11.1. The molecule has 0 saturated heterocycles. The van der Waals surface area contributed by atoms with E-state index in [1.807, 2.05) is 18.2 Å². The second kappa shape index (κ2) is 5.07. The summed E-state index contributed by atoms with van der Waals surface area (Å²) in [5.74, 6) is -0.998. The van der Waals surface area contributed by atoms with E-state index in [9.17, 15) is 4.79 Å². The maximum atomic E-state index is 10.9. The van der Waals surface area contributed by atoms with Gasteiger partial charge in [0, 0.05) is 18.6 Å². The van der Waals surface area contributed by atoms with Gasteiger partial charge in [0.2, 0.25) is 0 Å². The van der Waals surface area contributed by atoms with Gasteiger partial charge < -0.3 is 10.4 Å². The van der Waals surface area contributed by atoms with Gasteiger partial charge >= 0.3 is 5.97 Å². The number of aromatic nitrogens is 2. The van der Waals surface area contributed by atoms with Crippen molar-refractivity contribution in [3.05, 3.63) is 54.1 Å². The van der Waals surface area contributed by atoms with E-state index in [0.717, 1.165) is 5.69 Å². The Kier molecular flexibility index (Phi) is 3.30. The molecule has 86 valence electrons. The Hall–Kier alpha value is -2.43. The first-order chi connectivity index (χ1) is 8.27. The fourth-order valence-corrected chi connectivity index (χ4v) is 1.41. The van der Waals surface area contributed by atoms with Gasteiger partial charge in [0.1, 0.15) is 5.56 Å². The summed E-state index contributed by atoms with van der Waals surface area (Å²) < 4.78 is 0. The number of anilines is 1. The average molecular weight is 229 g/mol. The topological polar surface area (TPSA) is 75.1 Å². The summed E-state index contributed by atoms with van der Waals surface area (Å²) in [7, 11) is 0. The van der Waals surface area contributed by atoms with E-state index in [2.05, 4.69) is 15.3 Å². The predicted octanol–water partition coefficient (Wildman–Crippen LogP) is 1.79. The molecule has 0 aliphatic heterocycles. The third-order valence-corrected chi connectivity index (χ3v) is 2.24. The Morgan fingerprint density at radius 1 is 1.29 bits per heavy atom. The van der Waals surface area contributed by atoms with E-state index < -0.39 is 5.97 Å². The molecular weight excluding hydrogens is 218 g/mol. The Labute approximate surface area is 98.2 Å². The van der Waals surface area contributed by atoms with Crippen LogP contribution < -0.4 is 5.32 Å². The van der Waals surface area contributed by atoms with Crippen LogP contribution >= 0.6 is 0 Å². The van der Waals surface area contributed by atoms with Crippen LogP contribution in [0.5, 0.6) is 0 Å². The van der Waals surface area contributed by atoms with Crippen molar-refractivity contribution in [3.63, 3.8) is 0 Å². The molecule has 2 aromatic rings. The fourth-order valence-electron chi connectivity index (χ4n) is 1.41. The zero-order valence-electron chi connectivity index (χ0n) is 9.00. The lowest BCUT2D eigenvalue weighted by Crippen LogP contribution is -2.07. The molecule has 0 aliphatic rings. The molecule has 0 radical (unpaired) electrons. The maximum Gasteiger partial charge on any atom is 0.339 e. The molecule has 0 aliphatic carbocycles. The van der Waals surface area contributed by atoms with Crippen molar-refractivity contribution in [1.82, 2.24) is 9.97 Å². The van der Waals surface area contributed by atoms with Crippen molar-refractivity contribution in [1.29, 1.82) is 0 Å². The summed E-state index contributed by atoms with van der Waals surface area (Å²) >= 11 is 0. The minimum atomic E-state index is -0.998. The molecule has 0 bridgehead atoms. The number of pyridine rings is 2. The Balaban J connectivity index is 2.12. The van der Waals surface area contributed by atoms with Crippen molar-refractivity contribution >= 4 is 11.7 Å². The number of carbonyl (C=O) groups is 1. The monoisotopic (exact) mass is 229 g/mol. The maximum absolute atomic E-state index is 10.9. The van der Waals surface area contributed by atoms with Crippen LogP contribution in [-0.2, 0) is 6.54 Å². The number of rotatable bonds is 4. The van der Waals surface area contributed by atoms with Crippen LogP contribution in [0.15, 0.2) is 42.9 Å². The Morgan fingerprint density at radius 3 is 2.88 bits per heavy atom. The smallest absolute Gasteiger partial charge is 0.339 e. The van der Waals surface area contributed by atoms with Crippen molar-refractivity contribution in [3.8, 4) is 0 Å². The summed E-state index contributed by atoms with van der Waals surface area (Å²) in [5, 5.41) is 12.0. The minimum Gasteiger partial charge on any atom is -0.478 e. The van der Waals surface area contributed by atoms with Gasteiger partial charge in [-0.2, -0.15) is 0 Å². The molecule has 5 heteroatoms. The predicted molar refractivity (Wildman–Crippen MR) is 62.8 cm³/mol. The zero-order chi connectivity index (χ0) is 12.1. The van der Waals surface area contributed by atoms with Gasteiger partial charge in [-0.3, -0.25) is 9.97 Å². The van der Waals surface area contributed by atoms with Crippen LogP contribution in [0.3, 0.4) is 0 Å². The summed E-state index contributed by atoms with van der Waals surface area (Å²) in [6.45, 7) is 0.477. The third-order valence-electron chi connectivity index (χ3n) is 2.24. The van der Waals surface area contributed by atoms with E-state index >= 15 is 0 Å². The highest BCUT2D eigenvalue weighted by molar-refractivity contribution is 5.93. The molecular formula is C12H11N3O2. The zero-order valence-corrected chi connectivity index (χ0v) is 9.00. The number of carboxylic acid groups (broad SMARTS) is 1. The van der Waals surface area contributed by atoms with Crippen molar-refractivity contribution in [2.75, 3.05) is 5.32 Å².